The molecule has 3 heteroatoms. The quantitative estimate of drug-likeness (QED) is 0.750. The van der Waals surface area contributed by atoms with E-state index in [-0.39, 0.29) is 0 Å². The Morgan fingerprint density at radius 1 is 0.773 bits per heavy atom. The Morgan fingerprint density at radius 3 is 1.73 bits per heavy atom. The Balaban J connectivity index is 2.20. The largest absolute Gasteiger partial charge is 0.376 e. The molecule has 3 aromatic rings. The summed E-state index contributed by atoms with van der Waals surface area (Å²) in [6.45, 7) is 0. The van der Waals surface area contributed by atoms with Gasteiger partial charge in [0.2, 0.25) is 0 Å². The van der Waals surface area contributed by atoms with E-state index in [1.165, 1.54) is 0 Å². The Morgan fingerprint density at radius 2 is 1.32 bits per heavy atom. The number of carbonyl (C=O) groups is 1. The van der Waals surface area contributed by atoms with Crippen LogP contribution in [0.3, 0.4) is 0 Å². The zero-order valence-electron chi connectivity index (χ0n) is 11.9. The molecule has 1 heterocycles. The summed E-state index contributed by atoms with van der Waals surface area (Å²) in [6, 6.07) is 22.2. The molecule has 0 spiro atoms. The van der Waals surface area contributed by atoms with Crippen LogP contribution >= 0.6 is 0 Å². The van der Waals surface area contributed by atoms with Gasteiger partial charge in [0, 0.05) is 11.8 Å². The van der Waals surface area contributed by atoms with E-state index in [1.54, 1.807) is 18.3 Å². The van der Waals surface area contributed by atoms with Crippen molar-refractivity contribution in [3.63, 3.8) is 0 Å². The fourth-order valence-corrected chi connectivity index (χ4v) is 2.55. The van der Waals surface area contributed by atoms with Crippen LogP contribution in [0.15, 0.2) is 79.0 Å². The molecule has 2 aromatic carbocycles. The van der Waals surface area contributed by atoms with Gasteiger partial charge in [0.15, 0.2) is 6.29 Å². The van der Waals surface area contributed by atoms with Gasteiger partial charge in [0.05, 0.1) is 0 Å². The third-order valence-electron chi connectivity index (χ3n) is 3.71. The first-order valence-electron chi connectivity index (χ1n) is 7.00. The highest BCUT2D eigenvalue weighted by Gasteiger charge is 2.33. The molecule has 0 amide bonds. The van der Waals surface area contributed by atoms with Crippen LogP contribution in [0.5, 0.6) is 0 Å². The van der Waals surface area contributed by atoms with Crippen LogP contribution in [0.4, 0.5) is 0 Å². The number of aliphatic hydroxyl groups is 1. The maximum atomic E-state index is 11.5. The zero-order chi connectivity index (χ0) is 15.4. The van der Waals surface area contributed by atoms with E-state index in [4.69, 9.17) is 0 Å². The number of pyridine rings is 1. The van der Waals surface area contributed by atoms with Crippen molar-refractivity contribution in [2.24, 2.45) is 0 Å². The van der Waals surface area contributed by atoms with Crippen LogP contribution in [0.2, 0.25) is 0 Å². The molecule has 0 fully saturated rings. The molecule has 0 saturated carbocycles. The van der Waals surface area contributed by atoms with Gasteiger partial charge in [-0.15, -0.1) is 0 Å². The molecule has 0 saturated heterocycles. The van der Waals surface area contributed by atoms with Crippen molar-refractivity contribution in [1.29, 1.82) is 0 Å². The maximum absolute atomic E-state index is 11.5. The fourth-order valence-electron chi connectivity index (χ4n) is 2.55. The minimum atomic E-state index is -1.31. The molecular weight excluding hydrogens is 274 g/mol. The van der Waals surface area contributed by atoms with Gasteiger partial charge in [-0.05, 0) is 17.2 Å². The fraction of sp³-hybridized carbons (Fsp3) is 0.0526. The number of hydrogen-bond acceptors (Lipinski definition) is 3. The van der Waals surface area contributed by atoms with E-state index in [9.17, 15) is 9.90 Å². The van der Waals surface area contributed by atoms with Crippen molar-refractivity contribution in [2.75, 3.05) is 0 Å². The third-order valence-corrected chi connectivity index (χ3v) is 3.71. The zero-order valence-corrected chi connectivity index (χ0v) is 11.9. The van der Waals surface area contributed by atoms with Crippen LogP contribution < -0.4 is 0 Å². The van der Waals surface area contributed by atoms with Crippen LogP contribution in [0.25, 0.3) is 0 Å². The molecule has 3 nitrogen and oxygen atoms in total. The topological polar surface area (TPSA) is 50.2 Å². The summed E-state index contributed by atoms with van der Waals surface area (Å²) in [5.74, 6) is 0. The van der Waals surface area contributed by atoms with E-state index in [2.05, 4.69) is 4.98 Å². The minimum Gasteiger partial charge on any atom is -0.376 e. The molecular formula is C19H15NO2. The lowest BCUT2D eigenvalue weighted by Crippen LogP contribution is -2.29. The summed E-state index contributed by atoms with van der Waals surface area (Å²) in [5, 5.41) is 11.5. The minimum absolute atomic E-state index is 0.340. The molecule has 3 rings (SSSR count). The standard InChI is InChI=1S/C19H15NO2/c21-14-18-12-11-17(13-20-18)19(22,15-7-3-1-4-8-15)16-9-5-2-6-10-16/h1-14,22H. The number of carbonyl (C=O) groups excluding carboxylic acids is 1. The van der Waals surface area contributed by atoms with Gasteiger partial charge in [-0.2, -0.15) is 0 Å². The van der Waals surface area contributed by atoms with Crippen molar-refractivity contribution < 1.29 is 9.90 Å². The summed E-state index contributed by atoms with van der Waals surface area (Å²) < 4.78 is 0. The van der Waals surface area contributed by atoms with Gasteiger partial charge in [0.1, 0.15) is 11.3 Å². The summed E-state index contributed by atoms with van der Waals surface area (Å²) in [7, 11) is 0. The third kappa shape index (κ3) is 2.43. The first kappa shape index (κ1) is 14.2. The average Bonchev–Trinajstić information content (AvgIpc) is 2.62. The molecule has 0 aliphatic carbocycles. The Bertz CT molecular complexity index is 713. The molecule has 0 atom stereocenters. The summed E-state index contributed by atoms with van der Waals surface area (Å²) in [5.41, 5.74) is 1.16. The lowest BCUT2D eigenvalue weighted by atomic mass is 9.81. The second kappa shape index (κ2) is 5.92. The summed E-state index contributed by atoms with van der Waals surface area (Å²) in [4.78, 5) is 14.9. The molecule has 1 N–H and O–H groups in total. The van der Waals surface area contributed by atoms with Crippen molar-refractivity contribution in [3.05, 3.63) is 101 Å². The monoisotopic (exact) mass is 289 g/mol. The number of aldehydes is 1. The average molecular weight is 289 g/mol. The molecule has 22 heavy (non-hydrogen) atoms. The number of nitrogens with zero attached hydrogens (tertiary/aromatic N) is 1. The van der Waals surface area contributed by atoms with Gasteiger partial charge in [-0.25, -0.2) is 0 Å². The van der Waals surface area contributed by atoms with Crippen LogP contribution in [0, 0.1) is 0 Å². The normalized spacial score (nSPS) is 11.1. The number of aromatic nitrogens is 1. The SMILES string of the molecule is O=Cc1ccc(C(O)(c2ccccc2)c2ccccc2)cn1. The highest BCUT2D eigenvalue weighted by atomic mass is 16.3. The number of rotatable bonds is 4. The highest BCUT2D eigenvalue weighted by Crippen LogP contribution is 2.35. The molecule has 0 aliphatic rings. The Kier molecular flexibility index (Phi) is 3.81. The second-order valence-electron chi connectivity index (χ2n) is 5.03. The maximum Gasteiger partial charge on any atom is 0.168 e. The first-order chi connectivity index (χ1) is 10.7. The van der Waals surface area contributed by atoms with Crippen molar-refractivity contribution in [1.82, 2.24) is 4.98 Å². The summed E-state index contributed by atoms with van der Waals surface area (Å²) >= 11 is 0. The lowest BCUT2D eigenvalue weighted by Gasteiger charge is -2.29. The first-order valence-corrected chi connectivity index (χ1v) is 7.00. The van der Waals surface area contributed by atoms with Gasteiger partial charge in [0.25, 0.3) is 0 Å². The van der Waals surface area contributed by atoms with Crippen LogP contribution in [0.1, 0.15) is 27.2 Å². The van der Waals surface area contributed by atoms with E-state index < -0.39 is 5.60 Å². The molecule has 1 aromatic heterocycles. The van der Waals surface area contributed by atoms with Gasteiger partial charge in [-0.1, -0.05) is 66.7 Å². The molecule has 0 radical (unpaired) electrons. The van der Waals surface area contributed by atoms with E-state index in [1.807, 2.05) is 60.7 Å². The van der Waals surface area contributed by atoms with Crippen molar-refractivity contribution >= 4 is 6.29 Å². The van der Waals surface area contributed by atoms with Crippen LogP contribution in [-0.4, -0.2) is 16.4 Å². The van der Waals surface area contributed by atoms with E-state index >= 15 is 0 Å². The van der Waals surface area contributed by atoms with Gasteiger partial charge >= 0.3 is 0 Å². The molecule has 0 aliphatic heterocycles. The smallest absolute Gasteiger partial charge is 0.168 e. The van der Waals surface area contributed by atoms with E-state index in [0.29, 0.717) is 17.5 Å². The molecule has 0 bridgehead atoms. The number of hydrogen-bond donors (Lipinski definition) is 1. The second-order valence-corrected chi connectivity index (χ2v) is 5.03. The number of benzene rings is 2. The van der Waals surface area contributed by atoms with Crippen molar-refractivity contribution in [3.8, 4) is 0 Å². The Hall–Kier alpha value is -2.78. The predicted octanol–water partition coefficient (Wildman–Crippen LogP) is 3.18. The molecule has 0 unspecified atom stereocenters. The van der Waals surface area contributed by atoms with Crippen LogP contribution in [-0.2, 0) is 5.60 Å². The van der Waals surface area contributed by atoms with Crippen molar-refractivity contribution in [2.45, 2.75) is 5.60 Å². The lowest BCUT2D eigenvalue weighted by molar-refractivity contribution is 0.111. The van der Waals surface area contributed by atoms with Gasteiger partial charge < -0.3 is 5.11 Å². The summed E-state index contributed by atoms with van der Waals surface area (Å²) in [6.07, 6.45) is 2.23. The van der Waals surface area contributed by atoms with Gasteiger partial charge in [-0.3, -0.25) is 9.78 Å². The van der Waals surface area contributed by atoms with E-state index in [0.717, 1.165) is 11.1 Å². The highest BCUT2D eigenvalue weighted by molar-refractivity contribution is 5.71. The predicted molar refractivity (Wildman–Crippen MR) is 84.6 cm³/mol. The Labute approximate surface area is 128 Å². The molecule has 108 valence electrons.